The van der Waals surface area contributed by atoms with E-state index < -0.39 is 419 Å². The van der Waals surface area contributed by atoms with E-state index in [1.54, 1.807) is 0 Å². The van der Waals surface area contributed by atoms with Crippen LogP contribution in [0, 0.1) is 0 Å². The Balaban J connectivity index is 1.29. The summed E-state index contributed by atoms with van der Waals surface area (Å²) < 4.78 is 723. The van der Waals surface area contributed by atoms with E-state index in [-0.39, 0.29) is 109 Å². The number of alkyl halides is 48. The summed E-state index contributed by atoms with van der Waals surface area (Å²) in [5, 5.41) is 24.2. The molecule has 0 heterocycles. The van der Waals surface area contributed by atoms with Crippen molar-refractivity contribution in [2.24, 2.45) is 9.98 Å². The third-order valence-corrected chi connectivity index (χ3v) is 20.6. The first-order chi connectivity index (χ1) is 64.7. The van der Waals surface area contributed by atoms with E-state index >= 15 is 105 Å². The molecule has 2 N–H and O–H groups in total. The molecule has 53 heteroatoms. The molecule has 0 spiro atoms. The highest BCUT2D eigenvalue weighted by atomic mass is 19.5. The van der Waals surface area contributed by atoms with Gasteiger partial charge in [-0.15, -0.1) is 0 Å². The second-order valence-electron chi connectivity index (χ2n) is 30.6. The summed E-state index contributed by atoms with van der Waals surface area (Å²) in [7, 11) is 0. The number of hydrogen-bond acceptors (Lipinski definition) is 5. The number of aliphatic imine (C=N–C) groups is 2. The van der Waals surface area contributed by atoms with Crippen molar-refractivity contribution in [2.45, 2.75) is 98.8 Å². The number of phenols is 2. The molecule has 0 fully saturated rings. The van der Waals surface area contributed by atoms with Gasteiger partial charge in [0.2, 0.25) is 0 Å². The normalized spacial score (nSPS) is 13.7. The molecular weight excluding hydrogens is 2070 g/mol. The van der Waals surface area contributed by atoms with Crippen LogP contribution in [0.4, 0.5) is 222 Å². The molecule has 5 nitrogen and oxygen atoms in total. The Hall–Kier alpha value is -14.0. The van der Waals surface area contributed by atoms with Crippen molar-refractivity contribution in [1.82, 2.24) is 0 Å². The highest BCUT2D eigenvalue weighted by molar-refractivity contribution is 6.01. The highest BCUT2D eigenvalue weighted by Crippen LogP contribution is 2.57. The van der Waals surface area contributed by atoms with Crippen LogP contribution >= 0.6 is 0 Å². The molecule has 12 aromatic carbocycles. The maximum absolute atomic E-state index is 15.3. The van der Waals surface area contributed by atoms with Gasteiger partial charge in [-0.1, -0.05) is 0 Å². The van der Waals surface area contributed by atoms with Crippen molar-refractivity contribution in [1.29, 1.82) is 0 Å². The van der Waals surface area contributed by atoms with Gasteiger partial charge >= 0.3 is 98.8 Å². The van der Waals surface area contributed by atoms with E-state index in [9.17, 15) is 116 Å². The first kappa shape index (κ1) is 108. The first-order valence-electron chi connectivity index (χ1n) is 37.9. The van der Waals surface area contributed by atoms with Crippen molar-refractivity contribution in [3.05, 3.63) is 294 Å². The van der Waals surface area contributed by atoms with E-state index in [0.717, 1.165) is 0 Å². The second-order valence-corrected chi connectivity index (χ2v) is 30.6. The molecular formula is C90H36F48N2O3. The lowest BCUT2D eigenvalue weighted by atomic mass is 9.90. The molecule has 0 radical (unpaired) electrons. The van der Waals surface area contributed by atoms with E-state index in [0.29, 0.717) is 0 Å². The Labute approximate surface area is 762 Å². The summed E-state index contributed by atoms with van der Waals surface area (Å²) in [6.07, 6.45) is -98.3. The van der Waals surface area contributed by atoms with Gasteiger partial charge in [-0.25, -0.2) is 0 Å². The topological polar surface area (TPSA) is 74.4 Å². The molecule has 12 rings (SSSR count). The monoisotopic (exact) mass is 2100 g/mol. The lowest BCUT2D eigenvalue weighted by Gasteiger charge is -2.22. The van der Waals surface area contributed by atoms with Crippen LogP contribution in [0.15, 0.2) is 204 Å². The highest BCUT2D eigenvalue weighted by Gasteiger charge is 2.48. The number of benzene rings is 12. The Bertz CT molecular complexity index is 6160. The predicted octanol–water partition coefficient (Wildman–Crippen LogP) is 36.0. The number of ether oxygens (including phenoxy) is 1. The molecule has 0 aliphatic carbocycles. The maximum Gasteiger partial charge on any atom is 0.416 e. The van der Waals surface area contributed by atoms with Crippen LogP contribution in [-0.2, 0) is 98.8 Å². The van der Waals surface area contributed by atoms with Crippen LogP contribution in [-0.4, -0.2) is 22.6 Å². The van der Waals surface area contributed by atoms with Crippen molar-refractivity contribution < 1.29 is 226 Å². The molecule has 760 valence electrons. The van der Waals surface area contributed by atoms with E-state index in [1.807, 2.05) is 0 Å². The second kappa shape index (κ2) is 36.2. The van der Waals surface area contributed by atoms with Crippen LogP contribution in [0.2, 0.25) is 0 Å². The first-order valence-corrected chi connectivity index (χ1v) is 37.9. The third kappa shape index (κ3) is 24.5. The number of hydrogen-bond donors (Lipinski definition) is 2. The number of rotatable bonds is 14. The van der Waals surface area contributed by atoms with Crippen molar-refractivity contribution in [3.63, 3.8) is 0 Å². The molecule has 0 aromatic heterocycles. The third-order valence-electron chi connectivity index (χ3n) is 20.6. The van der Waals surface area contributed by atoms with Gasteiger partial charge in [-0.05, 0) is 250 Å². The molecule has 0 saturated carbocycles. The largest absolute Gasteiger partial charge is 0.507 e. The van der Waals surface area contributed by atoms with Gasteiger partial charge in [0.25, 0.3) is 0 Å². The number of nitrogens with zero attached hydrogens (tertiary/aromatic N) is 2. The fourth-order valence-electron chi connectivity index (χ4n) is 14.1. The van der Waals surface area contributed by atoms with Crippen LogP contribution < -0.4 is 4.74 Å². The van der Waals surface area contributed by atoms with Gasteiger partial charge in [-0.3, -0.25) is 9.98 Å². The lowest BCUT2D eigenvalue weighted by Crippen LogP contribution is -2.11. The van der Waals surface area contributed by atoms with Crippen LogP contribution in [0.5, 0.6) is 23.0 Å². The number of aromatic hydroxyl groups is 2. The minimum atomic E-state index is -6.25. The molecule has 0 aliphatic rings. The van der Waals surface area contributed by atoms with Gasteiger partial charge in [0.1, 0.15) is 23.0 Å². The molecule has 0 atom stereocenters. The van der Waals surface area contributed by atoms with Crippen LogP contribution in [0.25, 0.3) is 89.0 Å². The van der Waals surface area contributed by atoms with Crippen molar-refractivity contribution in [3.8, 4) is 112 Å². The zero-order valence-corrected chi connectivity index (χ0v) is 68.0. The SMILES string of the molecule is Oc1c(C=Nc2c(-c3cc(C(F)(F)F)cc(C(F)(F)F)c3)cc(Oc3cc(-c4cc(C(F)(F)F)cc(C(F)(F)F)c4)c(N=Cc4cc(-c5cc(C(F)(F)F)cc(C(F)(F)F)c5)cc(-c5cc(C(F)(F)F)cc(C(F)(F)F)c5)c4O)c(-c4cc(C(F)(F)F)cc(C(F)(F)F)c4)c3)cc2-c2cc(C(F)(F)F)cc(C(F)(F)F)c2)cc(-c2cc(C(F)(F)F)cc(C(F)(F)F)c2)cc1-c1cc(C(F)(F)F)cc(C(F)(F)F)c1. The summed E-state index contributed by atoms with van der Waals surface area (Å²) in [6.45, 7) is 0. The molecule has 0 unspecified atom stereocenters. The van der Waals surface area contributed by atoms with Gasteiger partial charge in [-0.2, -0.15) is 211 Å². The summed E-state index contributed by atoms with van der Waals surface area (Å²) in [6, 6.07) is -13.0. The zero-order valence-electron chi connectivity index (χ0n) is 68.0. The van der Waals surface area contributed by atoms with Crippen LogP contribution in [0.3, 0.4) is 0 Å². The fourth-order valence-corrected chi connectivity index (χ4v) is 14.1. The minimum absolute atomic E-state index is 0.0166. The van der Waals surface area contributed by atoms with E-state index in [1.165, 1.54) is 0 Å². The molecule has 0 saturated heterocycles. The van der Waals surface area contributed by atoms with Gasteiger partial charge in [0.05, 0.1) is 100 Å². The van der Waals surface area contributed by atoms with E-state index in [4.69, 9.17) is 4.74 Å². The zero-order chi connectivity index (χ0) is 107. The molecule has 0 bridgehead atoms. The lowest BCUT2D eigenvalue weighted by molar-refractivity contribution is -0.144. The molecule has 0 amide bonds. The molecule has 12 aromatic rings. The maximum atomic E-state index is 15.3. The van der Waals surface area contributed by atoms with Gasteiger partial charge in [0, 0.05) is 56.9 Å². The minimum Gasteiger partial charge on any atom is -0.507 e. The number of phenolic OH excluding ortho intramolecular Hbond substituents is 2. The predicted molar refractivity (Wildman–Crippen MR) is 407 cm³/mol. The molecule has 0 aliphatic heterocycles. The summed E-state index contributed by atoms with van der Waals surface area (Å²) >= 11 is 0. The summed E-state index contributed by atoms with van der Waals surface area (Å²) in [4.78, 5) is 7.43. The molecule has 143 heavy (non-hydrogen) atoms. The average molecular weight is 2110 g/mol. The Morgan fingerprint density at radius 2 is 0.280 bits per heavy atom. The number of halogens is 48. The summed E-state index contributed by atoms with van der Waals surface area (Å²) in [5.41, 5.74) is -75.5. The van der Waals surface area contributed by atoms with Crippen LogP contribution in [0.1, 0.15) is 100 Å². The Kier molecular flexibility index (Phi) is 27.3. The summed E-state index contributed by atoms with van der Waals surface area (Å²) in [5.74, 6) is -7.79. The van der Waals surface area contributed by atoms with Crippen molar-refractivity contribution in [2.75, 3.05) is 0 Å². The fraction of sp³-hybridized carbons (Fsp3) is 0.178. The standard InChI is InChI=1S/C90H36F48N2O3/c91-75(92,93)47-3-37(4-48(21-47)76(94,95)96)35-1-45(73(141)69(19-35)43-15-59(87(127,128)129)27-60(16-43)88(130,131)132)33-139-71-65(39-7-51(79(103,104)105)23-52(8-39)80(106,107)108)29-63(30-66(71)40-9-53(81(109,110)111)24-54(10-40)82(112,113)114)143-64-31-67(41-11-55(83(115,116)117)25-56(12-41)84(118,119)120)72(68(32-64)42-13-57(85(121,122)123)26-58(14-42)86(124,125)126)140-34-46-2-36(38-5-49(77(97,98)99)22-50(6-38)78(100,101)102)20-70(74(46)142)44-17-61(89(133,134)135)28-62(18-44)90(136,137)138/h1-34,141-142H. The average Bonchev–Trinajstić information content (AvgIpc) is 0.750. The Morgan fingerprint density at radius 3 is 0.420 bits per heavy atom. The Morgan fingerprint density at radius 1 is 0.154 bits per heavy atom. The smallest absolute Gasteiger partial charge is 0.416 e. The van der Waals surface area contributed by atoms with Gasteiger partial charge in [0.15, 0.2) is 0 Å². The van der Waals surface area contributed by atoms with E-state index in [2.05, 4.69) is 9.98 Å². The van der Waals surface area contributed by atoms with Crippen molar-refractivity contribution >= 4 is 23.8 Å². The quantitative estimate of drug-likeness (QED) is 0.0842. The van der Waals surface area contributed by atoms with Gasteiger partial charge < -0.3 is 14.9 Å².